The summed E-state index contributed by atoms with van der Waals surface area (Å²) in [5.74, 6) is -0.379. The van der Waals surface area contributed by atoms with Gasteiger partial charge in [-0.05, 0) is 44.1 Å². The van der Waals surface area contributed by atoms with E-state index in [4.69, 9.17) is 11.6 Å². The molecule has 2 fully saturated rings. The third-order valence-corrected chi connectivity index (χ3v) is 5.65. The maximum Gasteiger partial charge on any atom is 0.256 e. The number of hydrogen-bond donors (Lipinski definition) is 2. The quantitative estimate of drug-likeness (QED) is 0.764. The van der Waals surface area contributed by atoms with Crippen molar-refractivity contribution >= 4 is 35.0 Å². The minimum atomic E-state index is -0.673. The number of rotatable bonds is 1. The van der Waals surface area contributed by atoms with Gasteiger partial charge in [0.1, 0.15) is 6.04 Å². The first-order valence-corrected chi connectivity index (χ1v) is 9.33. The summed E-state index contributed by atoms with van der Waals surface area (Å²) in [5, 5.41) is 6.51. The molecule has 1 aromatic carbocycles. The van der Waals surface area contributed by atoms with Crippen LogP contribution in [0.2, 0.25) is 5.02 Å². The van der Waals surface area contributed by atoms with Crippen molar-refractivity contribution < 1.29 is 14.4 Å². The van der Waals surface area contributed by atoms with E-state index in [9.17, 15) is 14.4 Å². The summed E-state index contributed by atoms with van der Waals surface area (Å²) in [5.41, 5.74) is 0.863. The molecule has 0 saturated carbocycles. The van der Waals surface area contributed by atoms with E-state index >= 15 is 0 Å². The maximum absolute atomic E-state index is 12.9. The molecule has 4 rings (SSSR count). The van der Waals surface area contributed by atoms with Crippen LogP contribution in [0.15, 0.2) is 18.2 Å². The normalized spacial score (nSPS) is 23.8. The van der Waals surface area contributed by atoms with Crippen LogP contribution in [0.5, 0.6) is 0 Å². The van der Waals surface area contributed by atoms with Gasteiger partial charge in [-0.3, -0.25) is 14.4 Å². The van der Waals surface area contributed by atoms with Gasteiger partial charge in [-0.15, -0.1) is 0 Å². The molecule has 8 heteroatoms. The zero-order valence-corrected chi connectivity index (χ0v) is 15.1. The first-order valence-electron chi connectivity index (χ1n) is 8.95. The molecule has 1 aromatic rings. The van der Waals surface area contributed by atoms with Gasteiger partial charge in [0.05, 0.1) is 17.8 Å². The second-order valence-corrected chi connectivity index (χ2v) is 7.44. The van der Waals surface area contributed by atoms with Gasteiger partial charge in [-0.2, -0.15) is 0 Å². The Bertz CT molecular complexity index is 763. The molecule has 0 unspecified atom stereocenters. The zero-order valence-electron chi connectivity index (χ0n) is 14.3. The number of nitrogens with one attached hydrogen (secondary N) is 2. The maximum atomic E-state index is 12.9. The second-order valence-electron chi connectivity index (χ2n) is 7.00. The van der Waals surface area contributed by atoms with Gasteiger partial charge in [0.25, 0.3) is 5.91 Å². The van der Waals surface area contributed by atoms with Crippen LogP contribution in [0.4, 0.5) is 5.69 Å². The topological polar surface area (TPSA) is 81.8 Å². The van der Waals surface area contributed by atoms with Crippen LogP contribution in [0.3, 0.4) is 0 Å². The van der Waals surface area contributed by atoms with Gasteiger partial charge < -0.3 is 20.4 Å². The molecule has 0 radical (unpaired) electrons. The fraction of sp³-hybridized carbons (Fsp3) is 0.500. The number of fused-ring (bicyclic) bond motifs is 2. The molecule has 26 heavy (non-hydrogen) atoms. The highest BCUT2D eigenvalue weighted by molar-refractivity contribution is 6.31. The van der Waals surface area contributed by atoms with Crippen molar-refractivity contribution in [3.8, 4) is 0 Å². The smallest absolute Gasteiger partial charge is 0.256 e. The van der Waals surface area contributed by atoms with Crippen molar-refractivity contribution in [2.24, 2.45) is 5.92 Å². The van der Waals surface area contributed by atoms with E-state index in [-0.39, 0.29) is 30.2 Å². The summed E-state index contributed by atoms with van der Waals surface area (Å²) in [6.07, 6.45) is 1.64. The van der Waals surface area contributed by atoms with E-state index in [1.807, 2.05) is 0 Å². The van der Waals surface area contributed by atoms with Gasteiger partial charge in [-0.1, -0.05) is 11.6 Å². The zero-order chi connectivity index (χ0) is 18.3. The highest BCUT2D eigenvalue weighted by Crippen LogP contribution is 2.28. The van der Waals surface area contributed by atoms with Crippen LogP contribution in [-0.4, -0.2) is 66.3 Å². The van der Waals surface area contributed by atoms with Crippen molar-refractivity contribution in [3.63, 3.8) is 0 Å². The van der Waals surface area contributed by atoms with Gasteiger partial charge in [0.2, 0.25) is 11.8 Å². The van der Waals surface area contributed by atoms with Crippen molar-refractivity contribution in [3.05, 3.63) is 28.8 Å². The Morgan fingerprint density at radius 1 is 1.15 bits per heavy atom. The first kappa shape index (κ1) is 17.3. The fourth-order valence-corrected chi connectivity index (χ4v) is 4.13. The Morgan fingerprint density at radius 3 is 2.69 bits per heavy atom. The van der Waals surface area contributed by atoms with Crippen LogP contribution >= 0.6 is 11.6 Å². The molecule has 2 saturated heterocycles. The standard InChI is InChI=1S/C18H21ClN4O3/c19-12-1-2-13-14(9-12)21-16(24)15-10-22(7-8-23(15)18(13)26)17(25)11-3-5-20-6-4-11/h1-2,9,11,15,20H,3-8,10H2,(H,21,24)/t15-/m1/s1. The summed E-state index contributed by atoms with van der Waals surface area (Å²) >= 11 is 5.99. The summed E-state index contributed by atoms with van der Waals surface area (Å²) in [6.45, 7) is 2.74. The molecule has 0 bridgehead atoms. The van der Waals surface area contributed by atoms with E-state index in [2.05, 4.69) is 10.6 Å². The van der Waals surface area contributed by atoms with Gasteiger partial charge in [0.15, 0.2) is 0 Å². The van der Waals surface area contributed by atoms with Crippen LogP contribution in [0.25, 0.3) is 0 Å². The largest absolute Gasteiger partial charge is 0.338 e. The monoisotopic (exact) mass is 376 g/mol. The minimum absolute atomic E-state index is 0.00310. The second kappa shape index (κ2) is 6.89. The number of piperidine rings is 1. The lowest BCUT2D eigenvalue weighted by molar-refractivity contribution is -0.140. The van der Waals surface area contributed by atoms with Crippen LogP contribution in [0, 0.1) is 5.92 Å². The fourth-order valence-electron chi connectivity index (χ4n) is 3.95. The lowest BCUT2D eigenvalue weighted by Gasteiger charge is -2.41. The predicted octanol–water partition coefficient (Wildman–Crippen LogP) is 0.945. The Labute approximate surface area is 156 Å². The summed E-state index contributed by atoms with van der Waals surface area (Å²) in [4.78, 5) is 41.7. The van der Waals surface area contributed by atoms with E-state index in [0.29, 0.717) is 29.4 Å². The SMILES string of the molecule is O=C1Nc2cc(Cl)ccc2C(=O)N2CCN(C(=O)C3CCNCC3)C[C@H]12. The van der Waals surface area contributed by atoms with Crippen LogP contribution in [0.1, 0.15) is 23.2 Å². The molecule has 2 N–H and O–H groups in total. The summed E-state index contributed by atoms with van der Waals surface area (Å²) < 4.78 is 0. The molecule has 0 spiro atoms. The number of benzene rings is 1. The van der Waals surface area contributed by atoms with Gasteiger partial charge >= 0.3 is 0 Å². The van der Waals surface area contributed by atoms with E-state index in [1.54, 1.807) is 28.0 Å². The Hall–Kier alpha value is -2.12. The predicted molar refractivity (Wildman–Crippen MR) is 97.1 cm³/mol. The number of carbonyl (C=O) groups excluding carboxylic acids is 3. The molecule has 0 aromatic heterocycles. The number of nitrogens with zero attached hydrogens (tertiary/aromatic N) is 2. The molecule has 7 nitrogen and oxygen atoms in total. The number of amides is 3. The molecule has 3 aliphatic rings. The Morgan fingerprint density at radius 2 is 1.92 bits per heavy atom. The molecule has 138 valence electrons. The van der Waals surface area contributed by atoms with Gasteiger partial charge in [0, 0.05) is 24.0 Å². The molecular formula is C18H21ClN4O3. The van der Waals surface area contributed by atoms with Crippen LogP contribution < -0.4 is 10.6 Å². The van der Waals surface area contributed by atoms with Crippen molar-refractivity contribution in [2.45, 2.75) is 18.9 Å². The summed E-state index contributed by atoms with van der Waals surface area (Å²) in [7, 11) is 0. The molecule has 0 aliphatic carbocycles. The molecule has 1 atom stereocenters. The molecule has 3 aliphatic heterocycles. The van der Waals surface area contributed by atoms with Crippen molar-refractivity contribution in [2.75, 3.05) is 38.0 Å². The Kier molecular flexibility index (Phi) is 4.58. The molecular weight excluding hydrogens is 356 g/mol. The van der Waals surface area contributed by atoms with Crippen molar-refractivity contribution in [1.82, 2.24) is 15.1 Å². The number of halogens is 1. The lowest BCUT2D eigenvalue weighted by atomic mass is 9.95. The third kappa shape index (κ3) is 3.05. The highest BCUT2D eigenvalue weighted by Gasteiger charge is 2.41. The number of anilines is 1. The molecule has 3 amide bonds. The van der Waals surface area contributed by atoms with Gasteiger partial charge in [-0.25, -0.2) is 0 Å². The third-order valence-electron chi connectivity index (χ3n) is 5.41. The average molecular weight is 377 g/mol. The first-order chi connectivity index (χ1) is 12.5. The highest BCUT2D eigenvalue weighted by atomic mass is 35.5. The van der Waals surface area contributed by atoms with Crippen LogP contribution in [-0.2, 0) is 9.59 Å². The lowest BCUT2D eigenvalue weighted by Crippen LogP contribution is -2.60. The number of hydrogen-bond acceptors (Lipinski definition) is 4. The van der Waals surface area contributed by atoms with E-state index in [1.165, 1.54) is 0 Å². The van der Waals surface area contributed by atoms with Crippen molar-refractivity contribution in [1.29, 1.82) is 0 Å². The molecule has 3 heterocycles. The average Bonchev–Trinajstić information content (AvgIpc) is 2.76. The number of carbonyl (C=O) groups is 3. The minimum Gasteiger partial charge on any atom is -0.338 e. The van der Waals surface area contributed by atoms with E-state index < -0.39 is 6.04 Å². The number of piperazine rings is 1. The van der Waals surface area contributed by atoms with E-state index in [0.717, 1.165) is 25.9 Å². The Balaban J connectivity index is 1.55. The summed E-state index contributed by atoms with van der Waals surface area (Å²) in [6, 6.07) is 4.19.